The molecule has 0 spiro atoms. The number of aromatic nitrogens is 4. The number of anilines is 1. The molecule has 6 heteroatoms. The summed E-state index contributed by atoms with van der Waals surface area (Å²) in [6.07, 6.45) is 2.50. The lowest BCUT2D eigenvalue weighted by atomic mass is 10.4. The molecule has 0 unspecified atom stereocenters. The second kappa shape index (κ2) is 6.00. The molecule has 96 valence electrons. The number of rotatable bonds is 6. The quantitative estimate of drug-likeness (QED) is 0.832. The molecule has 2 rings (SSSR count). The molecule has 0 aliphatic carbocycles. The second-order valence-corrected chi connectivity index (χ2v) is 3.83. The summed E-state index contributed by atoms with van der Waals surface area (Å²) in [6, 6.07) is 5.68. The fraction of sp³-hybridized carbons (Fsp3) is 0.417. The van der Waals surface area contributed by atoms with Crippen molar-refractivity contribution in [1.29, 1.82) is 0 Å². The van der Waals surface area contributed by atoms with Crippen LogP contribution in [0, 0.1) is 0 Å². The van der Waals surface area contributed by atoms with Crippen LogP contribution in [-0.4, -0.2) is 32.9 Å². The third kappa shape index (κ3) is 3.19. The van der Waals surface area contributed by atoms with Crippen LogP contribution < -0.4 is 10.1 Å². The van der Waals surface area contributed by atoms with Crippen molar-refractivity contribution in [3.63, 3.8) is 0 Å². The Hall–Kier alpha value is -2.11. The van der Waals surface area contributed by atoms with Gasteiger partial charge in [0, 0.05) is 26.1 Å². The summed E-state index contributed by atoms with van der Waals surface area (Å²) in [7, 11) is 1.93. The van der Waals surface area contributed by atoms with Gasteiger partial charge in [-0.25, -0.2) is 0 Å². The first kappa shape index (κ1) is 12.3. The van der Waals surface area contributed by atoms with Crippen LogP contribution in [0.1, 0.15) is 12.7 Å². The Bertz CT molecular complexity index is 497. The minimum absolute atomic E-state index is 0.620. The van der Waals surface area contributed by atoms with Crippen molar-refractivity contribution in [3.05, 3.63) is 30.4 Å². The summed E-state index contributed by atoms with van der Waals surface area (Å²) in [4.78, 5) is 4.33. The molecule has 2 aromatic heterocycles. The number of hydrogen-bond donors (Lipinski definition) is 1. The van der Waals surface area contributed by atoms with Gasteiger partial charge in [-0.3, -0.25) is 0 Å². The van der Waals surface area contributed by atoms with Crippen molar-refractivity contribution in [2.75, 3.05) is 18.5 Å². The predicted molar refractivity (Wildman–Crippen MR) is 68.6 cm³/mol. The van der Waals surface area contributed by atoms with Crippen LogP contribution in [0.4, 0.5) is 5.82 Å². The van der Waals surface area contributed by atoms with Gasteiger partial charge in [-0.2, -0.15) is 4.98 Å². The monoisotopic (exact) mass is 247 g/mol. The molecule has 6 nitrogen and oxygen atoms in total. The van der Waals surface area contributed by atoms with Crippen LogP contribution in [0.15, 0.2) is 24.5 Å². The number of nitrogens with one attached hydrogen (secondary N) is 1. The van der Waals surface area contributed by atoms with Crippen LogP contribution in [0.25, 0.3) is 0 Å². The average Bonchev–Trinajstić information content (AvgIpc) is 2.76. The first-order valence-corrected chi connectivity index (χ1v) is 5.96. The molecule has 0 aliphatic heterocycles. The topological polar surface area (TPSA) is 64.9 Å². The van der Waals surface area contributed by atoms with Crippen molar-refractivity contribution in [2.24, 2.45) is 7.05 Å². The Labute approximate surface area is 106 Å². The fourth-order valence-corrected chi connectivity index (χ4v) is 1.58. The molecule has 2 aromatic rings. The van der Waals surface area contributed by atoms with E-state index in [4.69, 9.17) is 4.74 Å². The van der Waals surface area contributed by atoms with E-state index in [0.717, 1.165) is 24.6 Å². The molecule has 0 bridgehead atoms. The van der Waals surface area contributed by atoms with E-state index in [1.54, 1.807) is 6.33 Å². The van der Waals surface area contributed by atoms with E-state index in [1.807, 2.05) is 36.7 Å². The Morgan fingerprint density at radius 1 is 1.39 bits per heavy atom. The lowest BCUT2D eigenvalue weighted by molar-refractivity contribution is 0.327. The van der Waals surface area contributed by atoms with Gasteiger partial charge in [-0.05, 0) is 13.0 Å². The number of nitrogens with zero attached hydrogens (tertiary/aromatic N) is 4. The van der Waals surface area contributed by atoms with Gasteiger partial charge in [0.1, 0.15) is 18.0 Å². The van der Waals surface area contributed by atoms with E-state index in [2.05, 4.69) is 20.5 Å². The molecule has 0 saturated carbocycles. The van der Waals surface area contributed by atoms with Crippen LogP contribution >= 0.6 is 0 Å². The number of aryl methyl sites for hydroxylation is 1. The van der Waals surface area contributed by atoms with Gasteiger partial charge in [0.25, 0.3) is 0 Å². The highest BCUT2D eigenvalue weighted by Crippen LogP contribution is 2.11. The Morgan fingerprint density at radius 3 is 3.00 bits per heavy atom. The first-order chi connectivity index (χ1) is 8.79. The van der Waals surface area contributed by atoms with Crippen molar-refractivity contribution in [3.8, 4) is 5.88 Å². The summed E-state index contributed by atoms with van der Waals surface area (Å²) in [5.74, 6) is 2.40. The van der Waals surface area contributed by atoms with E-state index < -0.39 is 0 Å². The van der Waals surface area contributed by atoms with Gasteiger partial charge in [0.05, 0.1) is 6.61 Å². The van der Waals surface area contributed by atoms with Crippen molar-refractivity contribution >= 4 is 5.82 Å². The largest absolute Gasteiger partial charge is 0.478 e. The SMILES string of the molecule is CCOc1cccc(NCCc2nncn2C)n1. The highest BCUT2D eigenvalue weighted by atomic mass is 16.5. The number of pyridine rings is 1. The molecule has 1 N–H and O–H groups in total. The van der Waals surface area contributed by atoms with Crippen molar-refractivity contribution < 1.29 is 4.74 Å². The molecule has 0 amide bonds. The van der Waals surface area contributed by atoms with Crippen molar-refractivity contribution in [2.45, 2.75) is 13.3 Å². The minimum atomic E-state index is 0.620. The molecular weight excluding hydrogens is 230 g/mol. The van der Waals surface area contributed by atoms with Gasteiger partial charge in [-0.15, -0.1) is 10.2 Å². The normalized spacial score (nSPS) is 10.3. The summed E-state index contributed by atoms with van der Waals surface area (Å²) >= 11 is 0. The van der Waals surface area contributed by atoms with Gasteiger partial charge >= 0.3 is 0 Å². The van der Waals surface area contributed by atoms with Crippen LogP contribution in [-0.2, 0) is 13.5 Å². The first-order valence-electron chi connectivity index (χ1n) is 5.96. The van der Waals surface area contributed by atoms with E-state index in [1.165, 1.54) is 0 Å². The molecule has 0 aromatic carbocycles. The maximum atomic E-state index is 5.34. The van der Waals surface area contributed by atoms with Crippen LogP contribution in [0.5, 0.6) is 5.88 Å². The average molecular weight is 247 g/mol. The number of hydrogen-bond acceptors (Lipinski definition) is 5. The second-order valence-electron chi connectivity index (χ2n) is 3.83. The highest BCUT2D eigenvalue weighted by Gasteiger charge is 2.01. The lowest BCUT2D eigenvalue weighted by Gasteiger charge is -2.07. The van der Waals surface area contributed by atoms with Crippen molar-refractivity contribution in [1.82, 2.24) is 19.7 Å². The molecule has 0 atom stereocenters. The van der Waals surface area contributed by atoms with Gasteiger partial charge < -0.3 is 14.6 Å². The predicted octanol–water partition coefficient (Wildman–Crippen LogP) is 1.26. The molecule has 18 heavy (non-hydrogen) atoms. The van der Waals surface area contributed by atoms with Crippen LogP contribution in [0.3, 0.4) is 0 Å². The lowest BCUT2D eigenvalue weighted by Crippen LogP contribution is -2.09. The zero-order valence-electron chi connectivity index (χ0n) is 10.6. The van der Waals surface area contributed by atoms with Gasteiger partial charge in [0.2, 0.25) is 5.88 Å². The molecular formula is C12H17N5O. The maximum Gasteiger partial charge on any atom is 0.215 e. The molecule has 0 fully saturated rings. The molecule has 0 saturated heterocycles. The zero-order chi connectivity index (χ0) is 12.8. The van der Waals surface area contributed by atoms with Crippen LogP contribution in [0.2, 0.25) is 0 Å². The Morgan fingerprint density at radius 2 is 2.28 bits per heavy atom. The Balaban J connectivity index is 1.86. The number of ether oxygens (including phenoxy) is 1. The standard InChI is InChI=1S/C12H17N5O/c1-3-18-12-6-4-5-10(15-12)13-8-7-11-16-14-9-17(11)2/h4-6,9H,3,7-8H2,1-2H3,(H,13,15). The summed E-state index contributed by atoms with van der Waals surface area (Å²) in [5.41, 5.74) is 0. The van der Waals surface area contributed by atoms with E-state index >= 15 is 0 Å². The van der Waals surface area contributed by atoms with E-state index in [0.29, 0.717) is 12.5 Å². The third-order valence-electron chi connectivity index (χ3n) is 2.48. The van der Waals surface area contributed by atoms with Gasteiger partial charge in [-0.1, -0.05) is 6.07 Å². The highest BCUT2D eigenvalue weighted by molar-refractivity contribution is 5.37. The summed E-state index contributed by atoms with van der Waals surface area (Å²) in [6.45, 7) is 3.32. The summed E-state index contributed by atoms with van der Waals surface area (Å²) < 4.78 is 7.25. The fourth-order valence-electron chi connectivity index (χ4n) is 1.58. The molecule has 0 radical (unpaired) electrons. The van der Waals surface area contributed by atoms with Gasteiger partial charge in [0.15, 0.2) is 0 Å². The Kier molecular flexibility index (Phi) is 4.11. The minimum Gasteiger partial charge on any atom is -0.478 e. The smallest absolute Gasteiger partial charge is 0.215 e. The third-order valence-corrected chi connectivity index (χ3v) is 2.48. The zero-order valence-corrected chi connectivity index (χ0v) is 10.6. The van der Waals surface area contributed by atoms with E-state index in [-0.39, 0.29) is 0 Å². The molecule has 0 aliphatic rings. The van der Waals surface area contributed by atoms with E-state index in [9.17, 15) is 0 Å². The molecule has 2 heterocycles. The maximum absolute atomic E-state index is 5.34. The summed E-state index contributed by atoms with van der Waals surface area (Å²) in [5, 5.41) is 11.1.